The van der Waals surface area contributed by atoms with Crippen LogP contribution < -0.4 is 37.6 Å². The molecule has 0 radical (unpaired) electrons. The second-order valence-electron chi connectivity index (χ2n) is 19.6. The molecule has 5 aromatic rings. The van der Waals surface area contributed by atoms with Crippen LogP contribution in [0.1, 0.15) is 73.8 Å². The fourth-order valence-corrected chi connectivity index (χ4v) is 9.64. The van der Waals surface area contributed by atoms with Crippen molar-refractivity contribution < 1.29 is 43.3 Å². The highest BCUT2D eigenvalue weighted by atomic mass is 32.1. The zero-order valence-electron chi connectivity index (χ0n) is 42.7. The molecule has 6 amide bonds. The number of pyridine rings is 1. The molecule has 9 N–H and O–H groups in total. The molecule has 2 fully saturated rings. The van der Waals surface area contributed by atoms with E-state index in [1.165, 1.54) is 11.1 Å². The Morgan fingerprint density at radius 1 is 0.907 bits per heavy atom. The van der Waals surface area contributed by atoms with E-state index in [-0.39, 0.29) is 82.4 Å². The number of anilines is 3. The summed E-state index contributed by atoms with van der Waals surface area (Å²) in [6.45, 7) is 10.3. The number of primary amides is 1. The molecule has 0 bridgehead atoms. The molecule has 3 aromatic heterocycles. The SMILES string of the molecule is Cc1ncsc1-c1ccc(CNC(=O)[C@@H]2C[C@@H](O)CN2C(=O)[C@@H](NC(=O)CCOCCNC(=O)CCC(Cc2ccc(-c3cnc(N)c(C(=O)Nc4cnccc4N4CCOCC4)n3)cc2)C(N)=O)C(C)(C)C)cc1. The number of aromatic nitrogens is 4. The van der Waals surface area contributed by atoms with Crippen molar-refractivity contribution in [3.8, 4) is 21.7 Å². The number of hydrogen-bond donors (Lipinski definition) is 7. The van der Waals surface area contributed by atoms with E-state index in [4.69, 9.17) is 20.9 Å². The number of aryl methyl sites for hydroxylation is 1. The molecular weight excluding hydrogens is 981 g/mol. The van der Waals surface area contributed by atoms with E-state index >= 15 is 0 Å². The van der Waals surface area contributed by atoms with Gasteiger partial charge in [0.1, 0.15) is 12.1 Å². The zero-order chi connectivity index (χ0) is 53.6. The summed E-state index contributed by atoms with van der Waals surface area (Å²) in [5, 5.41) is 22.0. The molecule has 7 rings (SSSR count). The molecule has 2 aliphatic heterocycles. The number of thiazole rings is 1. The summed E-state index contributed by atoms with van der Waals surface area (Å²) in [7, 11) is 0. The number of likely N-dealkylation sites (tertiary alicyclic amines) is 1. The van der Waals surface area contributed by atoms with Crippen molar-refractivity contribution in [2.45, 2.75) is 84.5 Å². The number of nitrogen functional groups attached to an aromatic ring is 1. The number of hydrogen-bond acceptors (Lipinski definition) is 16. The fraction of sp³-hybridized carbons (Fsp3) is 0.434. The number of aliphatic hydroxyl groups excluding tert-OH is 1. The van der Waals surface area contributed by atoms with Gasteiger partial charge < -0.3 is 57.1 Å². The number of β-amino-alcohol motifs (C(OH)–C–C–N with tert-alkyl or cyclic N) is 1. The summed E-state index contributed by atoms with van der Waals surface area (Å²) in [6.07, 6.45) is 4.32. The molecule has 0 spiro atoms. The molecule has 1 unspecified atom stereocenters. The third-order valence-corrected chi connectivity index (χ3v) is 14.0. The third-order valence-electron chi connectivity index (χ3n) is 13.0. The average molecular weight is 1050 g/mol. The van der Waals surface area contributed by atoms with Crippen LogP contribution in [0.3, 0.4) is 0 Å². The van der Waals surface area contributed by atoms with Gasteiger partial charge in [-0.05, 0) is 47.9 Å². The first-order valence-corrected chi connectivity index (χ1v) is 25.8. The Morgan fingerprint density at radius 3 is 2.32 bits per heavy atom. The van der Waals surface area contributed by atoms with Crippen LogP contribution >= 0.6 is 11.3 Å². The number of ether oxygens (including phenoxy) is 2. The van der Waals surface area contributed by atoms with Crippen LogP contribution in [-0.4, -0.2) is 136 Å². The van der Waals surface area contributed by atoms with Gasteiger partial charge in [-0.1, -0.05) is 69.3 Å². The van der Waals surface area contributed by atoms with Crippen molar-refractivity contribution in [3.63, 3.8) is 0 Å². The van der Waals surface area contributed by atoms with Crippen LogP contribution in [0.25, 0.3) is 21.7 Å². The number of carbonyl (C=O) groups excluding carboxylic acids is 6. The Balaban J connectivity index is 0.814. The van der Waals surface area contributed by atoms with Gasteiger partial charge in [0.25, 0.3) is 5.91 Å². The third kappa shape index (κ3) is 15.1. The first-order valence-electron chi connectivity index (χ1n) is 24.9. The number of morpholine rings is 1. The van der Waals surface area contributed by atoms with E-state index in [0.29, 0.717) is 43.2 Å². The Bertz CT molecular complexity index is 2800. The Kier molecular flexibility index (Phi) is 19.0. The highest BCUT2D eigenvalue weighted by molar-refractivity contribution is 7.13. The minimum Gasteiger partial charge on any atom is -0.391 e. The predicted molar refractivity (Wildman–Crippen MR) is 283 cm³/mol. The number of rotatable bonds is 22. The molecule has 75 heavy (non-hydrogen) atoms. The minimum atomic E-state index is -0.995. The molecule has 2 saturated heterocycles. The fourth-order valence-electron chi connectivity index (χ4n) is 8.83. The van der Waals surface area contributed by atoms with E-state index in [9.17, 15) is 33.9 Å². The van der Waals surface area contributed by atoms with Crippen LogP contribution in [0.4, 0.5) is 17.2 Å². The van der Waals surface area contributed by atoms with Gasteiger partial charge in [0, 0.05) is 69.7 Å². The Labute approximate surface area is 439 Å². The van der Waals surface area contributed by atoms with E-state index in [1.54, 1.807) is 41.4 Å². The molecule has 0 aliphatic carbocycles. The molecule has 2 aliphatic rings. The van der Waals surface area contributed by atoms with Gasteiger partial charge in [-0.2, -0.15) is 0 Å². The standard InChI is InChI=1S/C53H66N12O9S/c1-32-46(75-31-60-32)36-11-7-34(8-12-36)27-59-50(70)42-26-38(66)30-65(42)52(72)47(53(2,3)4)63-44(68)16-21-73-22-18-57-43(67)14-13-37(49(55)69)25-33-5-9-35(10-6-33)39-29-58-48(54)45(61-39)51(71)62-40-28-56-17-15-41(40)64-19-23-74-24-20-64/h5-12,15,17,28-29,31,37-38,42,47,66H,13-14,16,18-27,30H2,1-4H3,(H2,54,58)(H2,55,69)(H,57,67)(H,59,70)(H,62,71)(H,63,68)/t37?,38-,42+,47-/m1/s1. The summed E-state index contributed by atoms with van der Waals surface area (Å²) >= 11 is 1.56. The molecule has 398 valence electrons. The van der Waals surface area contributed by atoms with Gasteiger partial charge in [0.05, 0.1) is 78.1 Å². The molecule has 4 atom stereocenters. The number of nitrogens with one attached hydrogen (secondary N) is 4. The van der Waals surface area contributed by atoms with Crippen LogP contribution in [0.5, 0.6) is 0 Å². The van der Waals surface area contributed by atoms with Crippen molar-refractivity contribution in [2.75, 3.05) is 68.6 Å². The summed E-state index contributed by atoms with van der Waals surface area (Å²) in [5.74, 6) is -3.37. The molecule has 2 aromatic carbocycles. The lowest BCUT2D eigenvalue weighted by molar-refractivity contribution is -0.144. The minimum absolute atomic E-state index is 0.0115. The first-order chi connectivity index (χ1) is 35.9. The highest BCUT2D eigenvalue weighted by Gasteiger charge is 2.44. The number of carbonyl (C=O) groups is 6. The summed E-state index contributed by atoms with van der Waals surface area (Å²) in [4.78, 5) is 101. The topological polar surface area (TPSA) is 299 Å². The van der Waals surface area contributed by atoms with Crippen LogP contribution in [0, 0.1) is 18.3 Å². The van der Waals surface area contributed by atoms with Gasteiger partial charge in [-0.25, -0.2) is 15.0 Å². The van der Waals surface area contributed by atoms with Crippen LogP contribution in [-0.2, 0) is 46.4 Å². The van der Waals surface area contributed by atoms with E-state index in [0.717, 1.165) is 32.9 Å². The van der Waals surface area contributed by atoms with Crippen molar-refractivity contribution in [3.05, 3.63) is 101 Å². The lowest BCUT2D eigenvalue weighted by Gasteiger charge is -2.35. The summed E-state index contributed by atoms with van der Waals surface area (Å²) in [6, 6.07) is 14.9. The number of nitrogens with two attached hydrogens (primary N) is 2. The predicted octanol–water partition coefficient (Wildman–Crippen LogP) is 3.40. The van der Waals surface area contributed by atoms with Gasteiger partial charge >= 0.3 is 0 Å². The second kappa shape index (κ2) is 25.7. The first kappa shape index (κ1) is 55.4. The number of nitrogens with zero attached hydrogens (tertiary/aromatic N) is 6. The summed E-state index contributed by atoms with van der Waals surface area (Å²) in [5.41, 5.74) is 18.9. The monoisotopic (exact) mass is 1050 g/mol. The molecular formula is C53H66N12O9S. The van der Waals surface area contributed by atoms with Crippen molar-refractivity contribution in [2.24, 2.45) is 17.1 Å². The summed E-state index contributed by atoms with van der Waals surface area (Å²) < 4.78 is 11.1. The van der Waals surface area contributed by atoms with Gasteiger partial charge in [-0.15, -0.1) is 11.3 Å². The maximum atomic E-state index is 14.0. The normalized spacial score (nSPS) is 16.4. The van der Waals surface area contributed by atoms with Gasteiger partial charge in [0.15, 0.2) is 11.5 Å². The lowest BCUT2D eigenvalue weighted by Crippen LogP contribution is -2.57. The van der Waals surface area contributed by atoms with E-state index in [2.05, 4.69) is 46.1 Å². The van der Waals surface area contributed by atoms with Crippen molar-refractivity contribution in [1.29, 1.82) is 0 Å². The Hall–Kier alpha value is -7.40. The Morgan fingerprint density at radius 2 is 1.63 bits per heavy atom. The van der Waals surface area contributed by atoms with Crippen LogP contribution in [0.15, 0.2) is 78.7 Å². The second-order valence-corrected chi connectivity index (χ2v) is 20.5. The quantitative estimate of drug-likeness (QED) is 0.0489. The van der Waals surface area contributed by atoms with Gasteiger partial charge in [-0.3, -0.25) is 33.8 Å². The number of benzene rings is 2. The smallest absolute Gasteiger partial charge is 0.278 e. The lowest BCUT2D eigenvalue weighted by atomic mass is 9.85. The van der Waals surface area contributed by atoms with E-state index < -0.39 is 59.1 Å². The molecule has 21 nitrogen and oxygen atoms in total. The molecule has 22 heteroatoms. The van der Waals surface area contributed by atoms with Crippen molar-refractivity contribution >= 4 is 64.0 Å². The van der Waals surface area contributed by atoms with Crippen molar-refractivity contribution in [1.82, 2.24) is 40.8 Å². The maximum absolute atomic E-state index is 14.0. The molecule has 0 saturated carbocycles. The van der Waals surface area contributed by atoms with Crippen LogP contribution in [0.2, 0.25) is 0 Å². The maximum Gasteiger partial charge on any atom is 0.278 e. The number of amides is 6. The average Bonchev–Trinajstić information content (AvgIpc) is 4.02. The van der Waals surface area contributed by atoms with Gasteiger partial charge in [0.2, 0.25) is 29.5 Å². The number of aliphatic hydroxyl groups is 1. The van der Waals surface area contributed by atoms with E-state index in [1.807, 2.05) is 70.2 Å². The zero-order valence-corrected chi connectivity index (χ0v) is 43.5. The molecule has 5 heterocycles. The highest BCUT2D eigenvalue weighted by Crippen LogP contribution is 2.30. The largest absolute Gasteiger partial charge is 0.391 e.